The summed E-state index contributed by atoms with van der Waals surface area (Å²) in [5.41, 5.74) is 0.991. The number of amides is 1. The number of carbonyl (C=O) groups excluding carboxylic acids is 3. The summed E-state index contributed by atoms with van der Waals surface area (Å²) in [6.45, 7) is 7.74. The zero-order valence-corrected chi connectivity index (χ0v) is 30.2. The van der Waals surface area contributed by atoms with Gasteiger partial charge in [-0.2, -0.15) is 0 Å². The smallest absolute Gasteiger partial charge is 0.652 e. The Hall–Kier alpha value is 0.874. The summed E-state index contributed by atoms with van der Waals surface area (Å²) in [7, 11) is 0. The first kappa shape index (κ1) is 32.1. The molecule has 2 rings (SSSR count). The Morgan fingerprint density at radius 2 is 1.69 bits per heavy atom. The van der Waals surface area contributed by atoms with Crippen molar-refractivity contribution in [3.8, 4) is 0 Å². The van der Waals surface area contributed by atoms with Crippen molar-refractivity contribution in [2.24, 2.45) is 0 Å². The molecule has 0 aliphatic rings. The zero-order chi connectivity index (χ0) is 20.6. The van der Waals surface area contributed by atoms with Crippen molar-refractivity contribution < 1.29 is 172 Å². The van der Waals surface area contributed by atoms with Gasteiger partial charge in [-0.1, -0.05) is 0 Å². The first-order valence-electron chi connectivity index (χ1n) is 8.14. The molecule has 1 aromatic carbocycles. The van der Waals surface area contributed by atoms with E-state index in [1.165, 1.54) is 0 Å². The van der Waals surface area contributed by atoms with Gasteiger partial charge in [0.2, 0.25) is 0 Å². The van der Waals surface area contributed by atoms with E-state index in [4.69, 9.17) is 24.5 Å². The van der Waals surface area contributed by atoms with Crippen LogP contribution in [0, 0.1) is 0 Å². The van der Waals surface area contributed by atoms with Crippen LogP contribution >= 0.6 is 0 Å². The third-order valence-corrected chi connectivity index (χ3v) is 3.02. The van der Waals surface area contributed by atoms with Gasteiger partial charge in [-0.05, 0) is 58.1 Å². The Balaban J connectivity index is 0. The molecular weight excluding hydrogens is 622 g/mol. The number of carboxylic acid groups (broad SMARTS) is 2. The van der Waals surface area contributed by atoms with E-state index in [9.17, 15) is 9.59 Å². The summed E-state index contributed by atoms with van der Waals surface area (Å²) in [6, 6.07) is 7.34. The molecule has 29 heavy (non-hydrogen) atoms. The van der Waals surface area contributed by atoms with Crippen molar-refractivity contribution >= 4 is 34.8 Å². The molecule has 0 aliphatic carbocycles. The van der Waals surface area contributed by atoms with Crippen LogP contribution in [0.4, 0.5) is 15.3 Å². The Kier molecular flexibility index (Phi) is 17.3. The Morgan fingerprint density at radius 1 is 1.10 bits per heavy atom. The van der Waals surface area contributed by atoms with Gasteiger partial charge in [0.15, 0.2) is 0 Å². The van der Waals surface area contributed by atoms with Crippen LogP contribution < -0.4 is 153 Å². The van der Waals surface area contributed by atoms with Crippen LogP contribution in [0.3, 0.4) is 0 Å². The second-order valence-electron chi connectivity index (χ2n) is 6.40. The van der Waals surface area contributed by atoms with E-state index < -0.39 is 17.8 Å². The predicted molar refractivity (Wildman–Crippen MR) is 93.8 cm³/mol. The van der Waals surface area contributed by atoms with E-state index in [-0.39, 0.29) is 150 Å². The summed E-state index contributed by atoms with van der Waals surface area (Å²) in [4.78, 5) is 31.7. The van der Waals surface area contributed by atoms with Gasteiger partial charge < -0.3 is 29.0 Å². The molecular formula is C18H22Cs2N2O7. The number of nitrogens with one attached hydrogen (secondary N) is 1. The van der Waals surface area contributed by atoms with Crippen molar-refractivity contribution in [3.63, 3.8) is 0 Å². The SMILES string of the molecule is CCOC(=O)Cn1ccc2cc(NC(=O)OC(C)(C)C)ccc21.O=C([O-])[O-].[Cs+].[Cs+]. The maximum Gasteiger partial charge on any atom is 1.00 e. The minimum Gasteiger partial charge on any atom is -0.652 e. The minimum atomic E-state index is -2.33. The van der Waals surface area contributed by atoms with Crippen LogP contribution in [0.25, 0.3) is 10.9 Å². The maximum atomic E-state index is 11.8. The number of anilines is 1. The fourth-order valence-corrected chi connectivity index (χ4v) is 2.18. The second kappa shape index (κ2) is 15.6. The summed E-state index contributed by atoms with van der Waals surface area (Å²) in [6.07, 6.45) is -1.01. The van der Waals surface area contributed by atoms with Gasteiger partial charge in [0.05, 0.1) is 6.61 Å². The first-order chi connectivity index (χ1) is 12.5. The molecule has 0 spiro atoms. The van der Waals surface area contributed by atoms with E-state index in [1.807, 2.05) is 49.7 Å². The van der Waals surface area contributed by atoms with Gasteiger partial charge in [-0.3, -0.25) is 10.1 Å². The largest absolute Gasteiger partial charge is 1.00 e. The molecule has 0 bridgehead atoms. The number of ether oxygens (including phenoxy) is 2. The van der Waals surface area contributed by atoms with E-state index in [1.54, 1.807) is 13.0 Å². The number of fused-ring (bicyclic) bond motifs is 1. The monoisotopic (exact) mass is 644 g/mol. The van der Waals surface area contributed by atoms with Crippen LogP contribution in [0.1, 0.15) is 27.7 Å². The van der Waals surface area contributed by atoms with Crippen molar-refractivity contribution in [1.82, 2.24) is 4.57 Å². The molecule has 0 radical (unpaired) electrons. The molecule has 2 aromatic rings. The number of nitrogens with zero attached hydrogens (tertiary/aromatic N) is 1. The Bertz CT molecular complexity index is 812. The second-order valence-corrected chi connectivity index (χ2v) is 6.40. The molecule has 1 heterocycles. The summed E-state index contributed by atoms with van der Waals surface area (Å²) < 4.78 is 12.0. The van der Waals surface area contributed by atoms with Gasteiger partial charge in [0, 0.05) is 22.8 Å². The summed E-state index contributed by atoms with van der Waals surface area (Å²) >= 11 is 0. The van der Waals surface area contributed by atoms with Gasteiger partial charge >= 0.3 is 150 Å². The summed E-state index contributed by atoms with van der Waals surface area (Å²) in [5, 5.41) is 20.3. The van der Waals surface area contributed by atoms with Crippen molar-refractivity contribution in [3.05, 3.63) is 30.5 Å². The van der Waals surface area contributed by atoms with Gasteiger partial charge in [-0.15, -0.1) is 0 Å². The fraction of sp³-hybridized carbons (Fsp3) is 0.389. The number of carbonyl (C=O) groups is 3. The molecule has 0 saturated carbocycles. The van der Waals surface area contributed by atoms with E-state index in [0.29, 0.717) is 12.3 Å². The number of benzene rings is 1. The van der Waals surface area contributed by atoms with Crippen LogP contribution in [0.15, 0.2) is 30.5 Å². The van der Waals surface area contributed by atoms with Gasteiger partial charge in [-0.25, -0.2) is 4.79 Å². The Morgan fingerprint density at radius 3 is 2.21 bits per heavy atom. The van der Waals surface area contributed by atoms with Crippen LogP contribution in [-0.4, -0.2) is 35.0 Å². The Labute approximate surface area is 287 Å². The quantitative estimate of drug-likeness (QED) is 0.331. The molecule has 9 nitrogen and oxygen atoms in total. The third kappa shape index (κ3) is 13.8. The molecule has 148 valence electrons. The molecule has 1 aromatic heterocycles. The average Bonchev–Trinajstić information content (AvgIpc) is 2.87. The van der Waals surface area contributed by atoms with Crippen molar-refractivity contribution in [1.29, 1.82) is 0 Å². The zero-order valence-electron chi connectivity index (χ0n) is 17.6. The molecule has 0 fully saturated rings. The number of esters is 1. The normalized spacial score (nSPS) is 9.79. The third-order valence-electron chi connectivity index (χ3n) is 3.02. The van der Waals surface area contributed by atoms with Crippen molar-refractivity contribution in [2.45, 2.75) is 39.8 Å². The molecule has 1 N–H and O–H groups in total. The van der Waals surface area contributed by atoms with Gasteiger partial charge in [0.1, 0.15) is 12.1 Å². The molecule has 0 atom stereocenters. The number of rotatable bonds is 4. The van der Waals surface area contributed by atoms with Gasteiger partial charge in [0.25, 0.3) is 0 Å². The van der Waals surface area contributed by atoms with E-state index >= 15 is 0 Å². The first-order valence-corrected chi connectivity index (χ1v) is 8.14. The maximum absolute atomic E-state index is 11.8. The summed E-state index contributed by atoms with van der Waals surface area (Å²) in [5.74, 6) is -0.277. The van der Waals surface area contributed by atoms with E-state index in [0.717, 1.165) is 10.9 Å². The number of aromatic nitrogens is 1. The minimum absolute atomic E-state index is 0. The molecule has 0 aliphatic heterocycles. The number of hydrogen-bond acceptors (Lipinski definition) is 7. The van der Waals surface area contributed by atoms with Crippen LogP contribution in [0.5, 0.6) is 0 Å². The average molecular weight is 644 g/mol. The predicted octanol–water partition coefficient (Wildman–Crippen LogP) is -4.89. The molecule has 11 heteroatoms. The van der Waals surface area contributed by atoms with Crippen molar-refractivity contribution in [2.75, 3.05) is 11.9 Å². The fourth-order valence-electron chi connectivity index (χ4n) is 2.18. The molecule has 1 amide bonds. The van der Waals surface area contributed by atoms with E-state index in [2.05, 4.69) is 5.32 Å². The van der Waals surface area contributed by atoms with Crippen LogP contribution in [0.2, 0.25) is 0 Å². The molecule has 0 unspecified atom stereocenters. The number of hydrogen-bond donors (Lipinski definition) is 1. The molecule has 0 saturated heterocycles. The van der Waals surface area contributed by atoms with Crippen LogP contribution in [-0.2, 0) is 20.8 Å². The topological polar surface area (TPSA) is 133 Å². The standard InChI is InChI=1S/C17H22N2O4.CH2O3.2Cs/c1-5-22-15(20)11-19-9-8-12-10-13(6-7-14(12)19)18-16(21)23-17(2,3)4;2-1(3)4;;/h6-10H,5,11H2,1-4H3,(H,18,21);(H2,2,3,4);;/q;;2*+1/p-2.